The average molecular weight is 548 g/mol. The van der Waals surface area contributed by atoms with Gasteiger partial charge in [-0.05, 0) is 80.1 Å². The third kappa shape index (κ3) is 8.11. The summed E-state index contributed by atoms with van der Waals surface area (Å²) < 4.78 is 58.3. The first-order chi connectivity index (χ1) is 18.2. The van der Waals surface area contributed by atoms with E-state index in [9.17, 15) is 32.6 Å². The number of halogens is 4. The van der Waals surface area contributed by atoms with Crippen molar-refractivity contribution in [2.45, 2.75) is 58.0 Å². The second-order valence-corrected chi connectivity index (χ2v) is 10.3. The molecule has 2 atom stereocenters. The highest BCUT2D eigenvalue weighted by molar-refractivity contribution is 5.90. The van der Waals surface area contributed by atoms with Crippen LogP contribution in [0.5, 0.6) is 0 Å². The number of alkyl halides is 3. The van der Waals surface area contributed by atoms with Crippen molar-refractivity contribution in [1.82, 2.24) is 5.32 Å². The van der Waals surface area contributed by atoms with Gasteiger partial charge in [0.25, 0.3) is 0 Å². The maximum atomic E-state index is 13.9. The van der Waals surface area contributed by atoms with Crippen LogP contribution in [0.1, 0.15) is 59.5 Å². The van der Waals surface area contributed by atoms with Crippen LogP contribution in [0.2, 0.25) is 0 Å². The van der Waals surface area contributed by atoms with Crippen molar-refractivity contribution in [3.05, 3.63) is 94.3 Å². The lowest BCUT2D eigenvalue weighted by atomic mass is 9.93. The molecule has 0 aliphatic heterocycles. The maximum Gasteiger partial charge on any atom is 0.419 e. The van der Waals surface area contributed by atoms with Crippen LogP contribution in [0.15, 0.2) is 60.7 Å². The monoisotopic (exact) mass is 547 g/mol. The predicted octanol–water partition coefficient (Wildman–Crippen LogP) is 6.57. The van der Waals surface area contributed by atoms with Crippen LogP contribution >= 0.6 is 0 Å². The van der Waals surface area contributed by atoms with Gasteiger partial charge in [0, 0.05) is 12.1 Å². The fraction of sp³-hybridized carbons (Fsp3) is 0.367. The number of aromatic carboxylic acids is 1. The van der Waals surface area contributed by atoms with Crippen LogP contribution in [0.25, 0.3) is 11.1 Å². The van der Waals surface area contributed by atoms with Gasteiger partial charge in [-0.3, -0.25) is 0 Å². The van der Waals surface area contributed by atoms with Gasteiger partial charge in [0.2, 0.25) is 0 Å². The number of carbonyl (C=O) groups is 1. The third-order valence-electron chi connectivity index (χ3n) is 6.51. The van der Waals surface area contributed by atoms with Gasteiger partial charge in [0.05, 0.1) is 29.9 Å². The van der Waals surface area contributed by atoms with Gasteiger partial charge in [-0.1, -0.05) is 42.5 Å². The summed E-state index contributed by atoms with van der Waals surface area (Å²) in [4.78, 5) is 11.4. The number of hydrogen-bond acceptors (Lipinski definition) is 4. The molecule has 3 aromatic rings. The van der Waals surface area contributed by atoms with E-state index in [4.69, 9.17) is 4.74 Å². The molecule has 0 heterocycles. The summed E-state index contributed by atoms with van der Waals surface area (Å²) in [5, 5.41) is 23.0. The summed E-state index contributed by atoms with van der Waals surface area (Å²) in [6.07, 6.45) is -5.75. The molecule has 0 aliphatic rings. The molecule has 1 unspecified atom stereocenters. The van der Waals surface area contributed by atoms with Gasteiger partial charge in [0.15, 0.2) is 0 Å². The molecule has 0 amide bonds. The van der Waals surface area contributed by atoms with Gasteiger partial charge >= 0.3 is 12.1 Å². The largest absolute Gasteiger partial charge is 0.478 e. The van der Waals surface area contributed by atoms with E-state index in [0.29, 0.717) is 11.1 Å². The summed E-state index contributed by atoms with van der Waals surface area (Å²) in [6, 6.07) is 15.6. The minimum Gasteiger partial charge on any atom is -0.478 e. The Kier molecular flexibility index (Phi) is 9.53. The third-order valence-corrected chi connectivity index (χ3v) is 6.51. The lowest BCUT2D eigenvalue weighted by molar-refractivity contribution is -0.140. The lowest BCUT2D eigenvalue weighted by Gasteiger charge is -2.28. The van der Waals surface area contributed by atoms with Gasteiger partial charge < -0.3 is 20.3 Å². The standard InChI is InChI=1S/C30H33F4NO4/c1-18-13-21(10-11-23(18)28(37)38)25-8-6-5-7-24(25)19(2)39-17-22(36)16-35-29(3,4)15-20-9-12-26(27(31)14-20)30(32,33)34/h5-14,19,22,35-36H,15-17H2,1-4H3,(H,37,38)/t19?,22-/m0/s1. The quantitative estimate of drug-likeness (QED) is 0.237. The number of aryl methyl sites for hydroxylation is 1. The summed E-state index contributed by atoms with van der Waals surface area (Å²) in [6.45, 7) is 7.40. The zero-order valence-corrected chi connectivity index (χ0v) is 22.3. The van der Waals surface area contributed by atoms with Crippen molar-refractivity contribution in [1.29, 1.82) is 0 Å². The molecule has 9 heteroatoms. The van der Waals surface area contributed by atoms with Crippen molar-refractivity contribution < 1.29 is 37.3 Å². The second-order valence-electron chi connectivity index (χ2n) is 10.3. The number of hydrogen-bond donors (Lipinski definition) is 3. The van der Waals surface area contributed by atoms with Crippen molar-refractivity contribution in [3.63, 3.8) is 0 Å². The summed E-state index contributed by atoms with van der Waals surface area (Å²) in [5.41, 5.74) is 1.98. The Bertz CT molecular complexity index is 1310. The van der Waals surface area contributed by atoms with Crippen LogP contribution in [0.3, 0.4) is 0 Å². The average Bonchev–Trinajstić information content (AvgIpc) is 2.84. The topological polar surface area (TPSA) is 78.8 Å². The number of aliphatic hydroxyl groups excluding tert-OH is 1. The first-order valence-corrected chi connectivity index (χ1v) is 12.5. The molecular formula is C30H33F4NO4. The van der Waals surface area contributed by atoms with Crippen molar-refractivity contribution in [2.24, 2.45) is 0 Å². The van der Waals surface area contributed by atoms with Crippen LogP contribution < -0.4 is 5.32 Å². The molecule has 5 nitrogen and oxygen atoms in total. The lowest BCUT2D eigenvalue weighted by Crippen LogP contribution is -2.46. The van der Waals surface area contributed by atoms with E-state index in [2.05, 4.69) is 5.32 Å². The van der Waals surface area contributed by atoms with Gasteiger partial charge in [-0.15, -0.1) is 0 Å². The zero-order chi connectivity index (χ0) is 29.0. The van der Waals surface area contributed by atoms with Crippen LogP contribution in [-0.4, -0.2) is 41.0 Å². The minimum atomic E-state index is -4.75. The smallest absolute Gasteiger partial charge is 0.419 e. The molecule has 0 aliphatic carbocycles. The van der Waals surface area contributed by atoms with E-state index in [1.807, 2.05) is 51.1 Å². The number of benzene rings is 3. The molecule has 0 saturated heterocycles. The van der Waals surface area contributed by atoms with Crippen LogP contribution in [0.4, 0.5) is 17.6 Å². The maximum absolute atomic E-state index is 13.9. The Morgan fingerprint density at radius 3 is 2.36 bits per heavy atom. The number of nitrogens with one attached hydrogen (secondary N) is 1. The fourth-order valence-electron chi connectivity index (χ4n) is 4.46. The van der Waals surface area contributed by atoms with Crippen molar-refractivity contribution >= 4 is 5.97 Å². The van der Waals surface area contributed by atoms with Crippen LogP contribution in [0, 0.1) is 12.7 Å². The molecular weight excluding hydrogens is 514 g/mol. The first kappa shape index (κ1) is 30.3. The molecule has 3 N–H and O–H groups in total. The Hall–Kier alpha value is -3.27. The molecule has 0 spiro atoms. The summed E-state index contributed by atoms with van der Waals surface area (Å²) in [5.74, 6) is -2.30. The first-order valence-electron chi connectivity index (χ1n) is 12.5. The Morgan fingerprint density at radius 2 is 1.74 bits per heavy atom. The molecule has 3 rings (SSSR count). The highest BCUT2D eigenvalue weighted by Crippen LogP contribution is 2.33. The molecule has 0 bridgehead atoms. The number of rotatable bonds is 11. The van der Waals surface area contributed by atoms with E-state index in [1.165, 1.54) is 6.07 Å². The number of β-amino-alcohol motifs (C(OH)–C–C–N with tert-alkyl or cyclic N) is 1. The van der Waals surface area contributed by atoms with Gasteiger partial charge in [0.1, 0.15) is 5.82 Å². The Labute approximate surface area is 225 Å². The minimum absolute atomic E-state index is 0.0183. The fourth-order valence-corrected chi connectivity index (χ4v) is 4.46. The molecule has 0 saturated carbocycles. The van der Waals surface area contributed by atoms with E-state index in [-0.39, 0.29) is 31.2 Å². The normalized spacial score (nSPS) is 13.8. The van der Waals surface area contributed by atoms with Crippen molar-refractivity contribution in [2.75, 3.05) is 13.2 Å². The second kappa shape index (κ2) is 12.3. The van der Waals surface area contributed by atoms with Gasteiger partial charge in [-0.2, -0.15) is 13.2 Å². The van der Waals surface area contributed by atoms with Gasteiger partial charge in [-0.25, -0.2) is 9.18 Å². The summed E-state index contributed by atoms with van der Waals surface area (Å²) >= 11 is 0. The van der Waals surface area contributed by atoms with E-state index in [0.717, 1.165) is 28.8 Å². The predicted molar refractivity (Wildman–Crippen MR) is 141 cm³/mol. The van der Waals surface area contributed by atoms with E-state index >= 15 is 0 Å². The molecule has 0 fully saturated rings. The summed E-state index contributed by atoms with van der Waals surface area (Å²) in [7, 11) is 0. The van der Waals surface area contributed by atoms with Crippen molar-refractivity contribution in [3.8, 4) is 11.1 Å². The highest BCUT2D eigenvalue weighted by Gasteiger charge is 2.34. The number of aliphatic hydroxyl groups is 1. The number of carboxylic acids is 1. The Morgan fingerprint density at radius 1 is 1.05 bits per heavy atom. The van der Waals surface area contributed by atoms with Crippen LogP contribution in [-0.2, 0) is 17.3 Å². The Balaban J connectivity index is 1.58. The molecule has 210 valence electrons. The molecule has 3 aromatic carbocycles. The molecule has 39 heavy (non-hydrogen) atoms. The number of ether oxygens (including phenoxy) is 1. The molecule has 0 aromatic heterocycles. The van der Waals surface area contributed by atoms with E-state index < -0.39 is 35.2 Å². The highest BCUT2D eigenvalue weighted by atomic mass is 19.4. The number of carboxylic acid groups (broad SMARTS) is 1. The van der Waals surface area contributed by atoms with E-state index in [1.54, 1.807) is 19.1 Å². The zero-order valence-electron chi connectivity index (χ0n) is 22.3. The SMILES string of the molecule is Cc1cc(-c2ccccc2C(C)OC[C@@H](O)CNC(C)(C)Cc2ccc(C(F)(F)F)c(F)c2)ccc1C(=O)O. The molecule has 0 radical (unpaired) electrons.